The Hall–Kier alpha value is -1.35. The molecule has 0 fully saturated rings. The predicted molar refractivity (Wildman–Crippen MR) is 58.4 cm³/mol. The van der Waals surface area contributed by atoms with Gasteiger partial charge in [0.05, 0.1) is 6.26 Å². The number of rotatable bonds is 3. The topological polar surface area (TPSA) is 25.2 Å². The zero-order valence-electron chi connectivity index (χ0n) is 8.88. The summed E-state index contributed by atoms with van der Waals surface area (Å²) in [7, 11) is 1.87. The lowest BCUT2D eigenvalue weighted by atomic mass is 10.0. The smallest absolute Gasteiger partial charge is 0.136 e. The van der Waals surface area contributed by atoms with Crippen molar-refractivity contribution in [3.8, 4) is 0 Å². The van der Waals surface area contributed by atoms with Crippen molar-refractivity contribution in [3.05, 3.63) is 35.8 Å². The van der Waals surface area contributed by atoms with Crippen LogP contribution < -0.4 is 5.32 Å². The fourth-order valence-corrected chi connectivity index (χ4v) is 1.62. The monoisotopic (exact) mass is 207 g/mol. The molecule has 0 saturated carbocycles. The van der Waals surface area contributed by atoms with Gasteiger partial charge in [-0.15, -0.1) is 0 Å². The third kappa shape index (κ3) is 2.02. The molecule has 0 unspecified atom stereocenters. The largest absolute Gasteiger partial charge is 0.464 e. The number of likely N-dealkylation sites (N-methyl/N-ethyl adjacent to an activating group) is 1. The molecule has 0 aliphatic heterocycles. The molecule has 0 aliphatic rings. The van der Waals surface area contributed by atoms with Crippen molar-refractivity contribution in [2.24, 2.45) is 0 Å². The van der Waals surface area contributed by atoms with E-state index >= 15 is 0 Å². The van der Waals surface area contributed by atoms with E-state index < -0.39 is 0 Å². The fourth-order valence-electron chi connectivity index (χ4n) is 1.62. The van der Waals surface area contributed by atoms with E-state index in [0.717, 1.165) is 10.9 Å². The Morgan fingerprint density at radius 2 is 2.27 bits per heavy atom. The van der Waals surface area contributed by atoms with Crippen molar-refractivity contribution in [3.63, 3.8) is 0 Å². The van der Waals surface area contributed by atoms with E-state index in [2.05, 4.69) is 5.32 Å². The zero-order chi connectivity index (χ0) is 10.8. The first-order valence-corrected chi connectivity index (χ1v) is 5.03. The van der Waals surface area contributed by atoms with Gasteiger partial charge < -0.3 is 9.73 Å². The molecule has 2 rings (SSSR count). The van der Waals surface area contributed by atoms with Crippen LogP contribution in [0.25, 0.3) is 11.0 Å². The van der Waals surface area contributed by atoms with Gasteiger partial charge in [-0.3, -0.25) is 0 Å². The number of fused-ring (bicyclic) bond motifs is 1. The van der Waals surface area contributed by atoms with Gasteiger partial charge in [0.25, 0.3) is 0 Å². The highest BCUT2D eigenvalue weighted by Gasteiger charge is 2.09. The standard InChI is InChI=1S/C12H14FNO/c1-8(14-2)5-10-6-9-3-4-15-12(9)7-11(10)13/h3-4,6-8,14H,5H2,1-2H3/t8-/m1/s1. The first-order valence-electron chi connectivity index (χ1n) is 5.03. The molecule has 1 heterocycles. The summed E-state index contributed by atoms with van der Waals surface area (Å²) in [4.78, 5) is 0. The molecule has 1 aromatic carbocycles. The normalized spacial score (nSPS) is 13.3. The second-order valence-corrected chi connectivity index (χ2v) is 3.80. The van der Waals surface area contributed by atoms with E-state index in [0.29, 0.717) is 12.0 Å². The minimum Gasteiger partial charge on any atom is -0.464 e. The molecule has 1 atom stereocenters. The molecular weight excluding hydrogens is 193 g/mol. The second kappa shape index (κ2) is 4.03. The van der Waals surface area contributed by atoms with Crippen LogP contribution in [0.5, 0.6) is 0 Å². The van der Waals surface area contributed by atoms with Gasteiger partial charge >= 0.3 is 0 Å². The number of halogens is 1. The van der Waals surface area contributed by atoms with Gasteiger partial charge in [-0.25, -0.2) is 4.39 Å². The molecular formula is C12H14FNO. The number of furan rings is 1. The summed E-state index contributed by atoms with van der Waals surface area (Å²) in [6, 6.07) is 5.42. The Morgan fingerprint density at radius 3 is 3.00 bits per heavy atom. The van der Waals surface area contributed by atoms with Crippen LogP contribution in [0.15, 0.2) is 28.9 Å². The van der Waals surface area contributed by atoms with Crippen molar-refractivity contribution < 1.29 is 8.81 Å². The molecule has 0 radical (unpaired) electrons. The molecule has 0 amide bonds. The van der Waals surface area contributed by atoms with E-state index in [1.165, 1.54) is 6.07 Å². The average molecular weight is 207 g/mol. The first kappa shape index (κ1) is 10.2. The van der Waals surface area contributed by atoms with Crippen molar-refractivity contribution in [1.82, 2.24) is 5.32 Å². The van der Waals surface area contributed by atoms with Crippen LogP contribution in [-0.2, 0) is 6.42 Å². The van der Waals surface area contributed by atoms with E-state index in [-0.39, 0.29) is 11.9 Å². The quantitative estimate of drug-likeness (QED) is 0.837. The van der Waals surface area contributed by atoms with Crippen LogP contribution in [0.2, 0.25) is 0 Å². The van der Waals surface area contributed by atoms with E-state index in [1.54, 1.807) is 6.26 Å². The van der Waals surface area contributed by atoms with Crippen molar-refractivity contribution in [2.45, 2.75) is 19.4 Å². The molecule has 1 N–H and O–H groups in total. The summed E-state index contributed by atoms with van der Waals surface area (Å²) in [6.07, 6.45) is 2.26. The summed E-state index contributed by atoms with van der Waals surface area (Å²) in [5, 5.41) is 4.05. The Balaban J connectivity index is 2.37. The van der Waals surface area contributed by atoms with Crippen LogP contribution in [0.1, 0.15) is 12.5 Å². The van der Waals surface area contributed by atoms with Gasteiger partial charge in [0, 0.05) is 17.5 Å². The first-order chi connectivity index (χ1) is 7.20. The molecule has 0 bridgehead atoms. The maximum absolute atomic E-state index is 13.6. The van der Waals surface area contributed by atoms with E-state index in [9.17, 15) is 4.39 Å². The highest BCUT2D eigenvalue weighted by Crippen LogP contribution is 2.21. The number of benzene rings is 1. The molecule has 80 valence electrons. The lowest BCUT2D eigenvalue weighted by Crippen LogP contribution is -2.23. The van der Waals surface area contributed by atoms with Gasteiger partial charge in [0.1, 0.15) is 11.4 Å². The maximum atomic E-state index is 13.6. The predicted octanol–water partition coefficient (Wildman–Crippen LogP) is 2.72. The van der Waals surface area contributed by atoms with Crippen molar-refractivity contribution >= 4 is 11.0 Å². The van der Waals surface area contributed by atoms with Gasteiger partial charge in [0.15, 0.2) is 0 Å². The van der Waals surface area contributed by atoms with Gasteiger partial charge in [-0.1, -0.05) is 0 Å². The van der Waals surface area contributed by atoms with Crippen LogP contribution in [0.3, 0.4) is 0 Å². The lowest BCUT2D eigenvalue weighted by molar-refractivity contribution is 0.560. The second-order valence-electron chi connectivity index (χ2n) is 3.80. The minimum atomic E-state index is -0.195. The van der Waals surface area contributed by atoms with Crippen LogP contribution in [0, 0.1) is 5.82 Å². The molecule has 0 spiro atoms. The van der Waals surface area contributed by atoms with Gasteiger partial charge in [0.2, 0.25) is 0 Å². The van der Waals surface area contributed by atoms with E-state index in [4.69, 9.17) is 4.42 Å². The summed E-state index contributed by atoms with van der Waals surface area (Å²) in [5.74, 6) is -0.195. The number of hydrogen-bond acceptors (Lipinski definition) is 2. The summed E-state index contributed by atoms with van der Waals surface area (Å²) in [5.41, 5.74) is 1.33. The highest BCUT2D eigenvalue weighted by molar-refractivity contribution is 5.77. The number of hydrogen-bond donors (Lipinski definition) is 1. The SMILES string of the molecule is CN[C@H](C)Cc1cc2ccoc2cc1F. The van der Waals surface area contributed by atoms with Crippen molar-refractivity contribution in [2.75, 3.05) is 7.05 Å². The third-order valence-corrected chi connectivity index (χ3v) is 2.64. The van der Waals surface area contributed by atoms with Crippen molar-refractivity contribution in [1.29, 1.82) is 0 Å². The Bertz CT molecular complexity index is 464. The highest BCUT2D eigenvalue weighted by atomic mass is 19.1. The maximum Gasteiger partial charge on any atom is 0.136 e. The average Bonchev–Trinajstić information content (AvgIpc) is 2.65. The van der Waals surface area contributed by atoms with Gasteiger partial charge in [-0.2, -0.15) is 0 Å². The zero-order valence-corrected chi connectivity index (χ0v) is 8.88. The van der Waals surface area contributed by atoms with Crippen LogP contribution >= 0.6 is 0 Å². The Labute approximate surface area is 88.1 Å². The van der Waals surface area contributed by atoms with Gasteiger partial charge in [-0.05, 0) is 38.1 Å². The molecule has 2 nitrogen and oxygen atoms in total. The molecule has 1 aromatic heterocycles. The molecule has 3 heteroatoms. The molecule has 0 aliphatic carbocycles. The molecule has 0 saturated heterocycles. The molecule has 15 heavy (non-hydrogen) atoms. The fraction of sp³-hybridized carbons (Fsp3) is 0.333. The van der Waals surface area contributed by atoms with Crippen LogP contribution in [-0.4, -0.2) is 13.1 Å². The summed E-state index contributed by atoms with van der Waals surface area (Å²) < 4.78 is 18.7. The third-order valence-electron chi connectivity index (χ3n) is 2.64. The Kier molecular flexibility index (Phi) is 2.73. The summed E-state index contributed by atoms with van der Waals surface area (Å²) >= 11 is 0. The minimum absolute atomic E-state index is 0.195. The Morgan fingerprint density at radius 1 is 1.47 bits per heavy atom. The van der Waals surface area contributed by atoms with E-state index in [1.807, 2.05) is 26.1 Å². The lowest BCUT2D eigenvalue weighted by Gasteiger charge is -2.10. The summed E-state index contributed by atoms with van der Waals surface area (Å²) in [6.45, 7) is 2.03. The number of nitrogens with one attached hydrogen (secondary N) is 1. The van der Waals surface area contributed by atoms with Crippen LogP contribution in [0.4, 0.5) is 4.39 Å². The molecule has 2 aromatic rings.